The highest BCUT2D eigenvalue weighted by Crippen LogP contribution is 2.48. The molecule has 3 heteroatoms. The molecule has 0 bridgehead atoms. The van der Waals surface area contributed by atoms with Gasteiger partial charge in [0, 0.05) is 36.6 Å². The first-order chi connectivity index (χ1) is 11.7. The van der Waals surface area contributed by atoms with Crippen LogP contribution in [0.4, 0.5) is 10.1 Å². The molecule has 1 aromatic heterocycles. The average molecular weight is 322 g/mol. The third-order valence-electron chi connectivity index (χ3n) is 5.60. The number of pyridine rings is 1. The number of hydrogen-bond acceptors (Lipinski definition) is 2. The Morgan fingerprint density at radius 2 is 2.00 bits per heavy atom. The molecule has 0 amide bonds. The van der Waals surface area contributed by atoms with Crippen LogP contribution in [0.25, 0.3) is 0 Å². The summed E-state index contributed by atoms with van der Waals surface area (Å²) in [6.45, 7) is 4.02. The maximum Gasteiger partial charge on any atom is 0.125 e. The van der Waals surface area contributed by atoms with Gasteiger partial charge in [-0.3, -0.25) is 4.98 Å². The number of aromatic nitrogens is 1. The van der Waals surface area contributed by atoms with Gasteiger partial charge in [-0.15, -0.1) is 0 Å². The van der Waals surface area contributed by atoms with E-state index in [9.17, 15) is 4.39 Å². The Hall–Kier alpha value is -2.16. The molecule has 1 atom stereocenters. The molecule has 0 saturated heterocycles. The van der Waals surface area contributed by atoms with Gasteiger partial charge in [-0.25, -0.2) is 4.39 Å². The molecule has 2 heterocycles. The maximum absolute atomic E-state index is 13.9. The predicted molar refractivity (Wildman–Crippen MR) is 95.6 cm³/mol. The van der Waals surface area contributed by atoms with Crippen LogP contribution < -0.4 is 4.90 Å². The summed E-state index contributed by atoms with van der Waals surface area (Å²) in [6.07, 6.45) is 10.6. The van der Waals surface area contributed by atoms with Crippen LogP contribution in [-0.4, -0.2) is 11.5 Å². The summed E-state index contributed by atoms with van der Waals surface area (Å²) >= 11 is 0. The van der Waals surface area contributed by atoms with Gasteiger partial charge in [0.25, 0.3) is 0 Å². The van der Waals surface area contributed by atoms with Gasteiger partial charge >= 0.3 is 0 Å². The molecule has 1 aliphatic carbocycles. The largest absolute Gasteiger partial charge is 0.366 e. The fourth-order valence-corrected chi connectivity index (χ4v) is 4.29. The predicted octanol–water partition coefficient (Wildman–Crippen LogP) is 5.00. The molecule has 1 spiro atoms. The van der Waals surface area contributed by atoms with Crippen molar-refractivity contribution in [1.29, 1.82) is 0 Å². The number of halogens is 1. The molecule has 2 aliphatic rings. The maximum atomic E-state index is 13.9. The highest BCUT2D eigenvalue weighted by atomic mass is 19.1. The van der Waals surface area contributed by atoms with E-state index in [0.717, 1.165) is 44.5 Å². The summed E-state index contributed by atoms with van der Waals surface area (Å²) in [6, 6.07) is 9.46. The van der Waals surface area contributed by atoms with Crippen LogP contribution in [0.15, 0.2) is 54.4 Å². The number of anilines is 1. The monoisotopic (exact) mass is 322 g/mol. The molecule has 1 aromatic carbocycles. The third kappa shape index (κ3) is 2.72. The second-order valence-electron chi connectivity index (χ2n) is 7.24. The van der Waals surface area contributed by atoms with Gasteiger partial charge in [-0.05, 0) is 68.0 Å². The van der Waals surface area contributed by atoms with E-state index in [2.05, 4.69) is 22.9 Å². The highest BCUT2D eigenvalue weighted by Gasteiger charge is 2.42. The minimum atomic E-state index is -0.145. The number of fused-ring (bicyclic) bond motifs is 2. The van der Waals surface area contributed by atoms with Gasteiger partial charge in [0.1, 0.15) is 5.82 Å². The molecule has 1 aliphatic heterocycles. The average Bonchev–Trinajstić information content (AvgIpc) is 2.73. The fourth-order valence-electron chi connectivity index (χ4n) is 4.29. The number of allylic oxidation sites excluding steroid dienone is 2. The molecule has 0 N–H and O–H groups in total. The zero-order valence-corrected chi connectivity index (χ0v) is 14.1. The fraction of sp³-hybridized carbons (Fsp3) is 0.381. The Labute approximate surface area is 143 Å². The number of rotatable bonds is 2. The van der Waals surface area contributed by atoms with Crippen molar-refractivity contribution in [1.82, 2.24) is 4.98 Å². The normalized spacial score (nSPS) is 23.1. The quantitative estimate of drug-likeness (QED) is 0.723. The lowest BCUT2D eigenvalue weighted by Crippen LogP contribution is -2.33. The molecule has 124 valence electrons. The van der Waals surface area contributed by atoms with Crippen molar-refractivity contribution in [2.75, 3.05) is 11.4 Å². The van der Waals surface area contributed by atoms with Crippen LogP contribution in [0.5, 0.6) is 0 Å². The Morgan fingerprint density at radius 3 is 2.83 bits per heavy atom. The molecule has 2 nitrogen and oxygen atoms in total. The lowest BCUT2D eigenvalue weighted by atomic mass is 9.75. The Morgan fingerprint density at radius 1 is 1.17 bits per heavy atom. The SMILES string of the molecule is CC1=CCCC2(CC1)CN(Cc1ccncc1)c1cc(F)ccc12. The molecular weight excluding hydrogens is 299 g/mol. The Balaban J connectivity index is 1.70. The van der Waals surface area contributed by atoms with E-state index >= 15 is 0 Å². The van der Waals surface area contributed by atoms with Crippen LogP contribution >= 0.6 is 0 Å². The summed E-state index contributed by atoms with van der Waals surface area (Å²) in [4.78, 5) is 6.45. The van der Waals surface area contributed by atoms with Crippen molar-refractivity contribution < 1.29 is 4.39 Å². The molecule has 4 rings (SSSR count). The van der Waals surface area contributed by atoms with Crippen molar-refractivity contribution in [3.63, 3.8) is 0 Å². The smallest absolute Gasteiger partial charge is 0.125 e. The molecule has 24 heavy (non-hydrogen) atoms. The standard InChI is InChI=1S/C21H23FN2/c1-16-3-2-9-21(10-6-16)15-24(14-17-7-11-23-12-8-17)20-13-18(22)4-5-19(20)21/h3-5,7-8,11-13H,2,6,9-10,14-15H2,1H3. The van der Waals surface area contributed by atoms with E-state index in [4.69, 9.17) is 0 Å². The first kappa shape index (κ1) is 15.4. The van der Waals surface area contributed by atoms with E-state index in [1.807, 2.05) is 30.6 Å². The first-order valence-corrected chi connectivity index (χ1v) is 8.76. The van der Waals surface area contributed by atoms with Crippen molar-refractivity contribution >= 4 is 5.69 Å². The summed E-state index contributed by atoms with van der Waals surface area (Å²) < 4.78 is 13.9. The van der Waals surface area contributed by atoms with Gasteiger partial charge in [-0.2, -0.15) is 0 Å². The number of benzene rings is 1. The molecule has 0 fully saturated rings. The lowest BCUT2D eigenvalue weighted by molar-refractivity contribution is 0.396. The van der Waals surface area contributed by atoms with Crippen molar-refractivity contribution in [2.24, 2.45) is 0 Å². The van der Waals surface area contributed by atoms with Gasteiger partial charge in [-0.1, -0.05) is 17.7 Å². The third-order valence-corrected chi connectivity index (χ3v) is 5.60. The van der Waals surface area contributed by atoms with Crippen LogP contribution in [0.3, 0.4) is 0 Å². The van der Waals surface area contributed by atoms with Crippen LogP contribution in [0.1, 0.15) is 43.7 Å². The van der Waals surface area contributed by atoms with E-state index in [0.29, 0.717) is 0 Å². The van der Waals surface area contributed by atoms with Gasteiger partial charge in [0.15, 0.2) is 0 Å². The Kier molecular flexibility index (Phi) is 3.87. The van der Waals surface area contributed by atoms with Crippen LogP contribution in [0, 0.1) is 5.82 Å². The van der Waals surface area contributed by atoms with E-state index in [1.54, 1.807) is 12.1 Å². The van der Waals surface area contributed by atoms with Crippen molar-refractivity contribution in [3.05, 3.63) is 71.3 Å². The van der Waals surface area contributed by atoms with Gasteiger partial charge < -0.3 is 4.90 Å². The second kappa shape index (κ2) is 6.04. The van der Waals surface area contributed by atoms with E-state index in [-0.39, 0.29) is 11.2 Å². The number of nitrogens with zero attached hydrogens (tertiary/aromatic N) is 2. The zero-order chi connectivity index (χ0) is 16.6. The summed E-state index contributed by atoms with van der Waals surface area (Å²) in [5.41, 5.74) is 5.28. The van der Waals surface area contributed by atoms with E-state index < -0.39 is 0 Å². The molecule has 2 aromatic rings. The highest BCUT2D eigenvalue weighted by molar-refractivity contribution is 5.63. The summed E-state index contributed by atoms with van der Waals surface area (Å²) in [5.74, 6) is -0.145. The van der Waals surface area contributed by atoms with Crippen LogP contribution in [0.2, 0.25) is 0 Å². The minimum absolute atomic E-state index is 0.145. The van der Waals surface area contributed by atoms with Crippen molar-refractivity contribution in [2.45, 2.75) is 44.6 Å². The summed E-state index contributed by atoms with van der Waals surface area (Å²) in [5, 5.41) is 0. The van der Waals surface area contributed by atoms with Crippen molar-refractivity contribution in [3.8, 4) is 0 Å². The number of hydrogen-bond donors (Lipinski definition) is 0. The zero-order valence-electron chi connectivity index (χ0n) is 14.1. The first-order valence-electron chi connectivity index (χ1n) is 8.76. The minimum Gasteiger partial charge on any atom is -0.366 e. The lowest BCUT2D eigenvalue weighted by Gasteiger charge is -2.30. The van der Waals surface area contributed by atoms with Crippen LogP contribution in [-0.2, 0) is 12.0 Å². The topological polar surface area (TPSA) is 16.1 Å². The molecule has 0 radical (unpaired) electrons. The molecule has 1 unspecified atom stereocenters. The second-order valence-corrected chi connectivity index (χ2v) is 7.24. The molecule has 0 saturated carbocycles. The van der Waals surface area contributed by atoms with Gasteiger partial charge in [0.2, 0.25) is 0 Å². The van der Waals surface area contributed by atoms with Gasteiger partial charge in [0.05, 0.1) is 0 Å². The molecular formula is C21H23FN2. The van der Waals surface area contributed by atoms with E-state index in [1.165, 1.54) is 16.7 Å². The Bertz CT molecular complexity index is 769. The summed E-state index contributed by atoms with van der Waals surface area (Å²) in [7, 11) is 0.